The van der Waals surface area contributed by atoms with Gasteiger partial charge in [0, 0.05) is 17.6 Å². The molecule has 2 aromatic carbocycles. The molecule has 26 heavy (non-hydrogen) atoms. The maximum atomic E-state index is 6.10. The normalized spacial score (nSPS) is 14.6. The number of nitrogen functional groups attached to an aromatic ring is 1. The number of nitrogens with two attached hydrogens (primary N) is 1. The summed E-state index contributed by atoms with van der Waals surface area (Å²) in [6, 6.07) is 14.1. The minimum atomic E-state index is 0.390. The van der Waals surface area contributed by atoms with Crippen LogP contribution < -0.4 is 15.8 Å². The quantitative estimate of drug-likeness (QED) is 0.654. The summed E-state index contributed by atoms with van der Waals surface area (Å²) in [5.74, 6) is 1.80. The zero-order valence-electron chi connectivity index (χ0n) is 14.8. The molecule has 0 unspecified atom stereocenters. The van der Waals surface area contributed by atoms with Crippen molar-refractivity contribution in [2.75, 3.05) is 17.6 Å². The van der Waals surface area contributed by atoms with Crippen LogP contribution in [0.3, 0.4) is 0 Å². The molecule has 5 heteroatoms. The molecule has 0 amide bonds. The van der Waals surface area contributed by atoms with Crippen molar-refractivity contribution < 1.29 is 4.74 Å². The van der Waals surface area contributed by atoms with Gasteiger partial charge >= 0.3 is 0 Å². The first-order valence-electron chi connectivity index (χ1n) is 9.28. The van der Waals surface area contributed by atoms with E-state index in [1.54, 1.807) is 6.33 Å². The van der Waals surface area contributed by atoms with Crippen molar-refractivity contribution in [2.45, 2.75) is 38.2 Å². The van der Waals surface area contributed by atoms with Crippen LogP contribution in [0.1, 0.15) is 31.2 Å². The minimum Gasteiger partial charge on any atom is -0.490 e. The highest BCUT2D eigenvalue weighted by molar-refractivity contribution is 5.91. The second-order valence-corrected chi connectivity index (χ2v) is 6.85. The van der Waals surface area contributed by atoms with Gasteiger partial charge < -0.3 is 15.8 Å². The van der Waals surface area contributed by atoms with Gasteiger partial charge in [0.05, 0.1) is 11.6 Å². The van der Waals surface area contributed by atoms with Gasteiger partial charge in [-0.1, -0.05) is 12.1 Å². The standard InChI is InChI=1S/C21H24N4O/c22-16-8-9-20-19(13-16)21(25-14-24-20)23-11-10-15-4-3-7-18(12-15)26-17-5-1-2-6-17/h3-4,7-9,12-14,17H,1-2,5-6,10-11,22H2,(H,23,24,25). The van der Waals surface area contributed by atoms with Gasteiger partial charge in [-0.3, -0.25) is 0 Å². The van der Waals surface area contributed by atoms with Crippen LogP contribution in [-0.2, 0) is 6.42 Å². The van der Waals surface area contributed by atoms with Gasteiger partial charge in [0.15, 0.2) is 0 Å². The number of ether oxygens (including phenoxy) is 1. The van der Waals surface area contributed by atoms with Crippen LogP contribution >= 0.6 is 0 Å². The van der Waals surface area contributed by atoms with Crippen molar-refractivity contribution in [3.63, 3.8) is 0 Å². The predicted octanol–water partition coefficient (Wildman–Crippen LogP) is 4.19. The summed E-state index contributed by atoms with van der Waals surface area (Å²) < 4.78 is 6.10. The maximum absolute atomic E-state index is 6.10. The Morgan fingerprint density at radius 2 is 1.96 bits per heavy atom. The number of fused-ring (bicyclic) bond motifs is 1. The third-order valence-electron chi connectivity index (χ3n) is 4.87. The lowest BCUT2D eigenvalue weighted by molar-refractivity contribution is 0.210. The Morgan fingerprint density at radius 3 is 2.85 bits per heavy atom. The van der Waals surface area contributed by atoms with Crippen molar-refractivity contribution in [1.82, 2.24) is 9.97 Å². The van der Waals surface area contributed by atoms with Gasteiger partial charge in [0.1, 0.15) is 17.9 Å². The lowest BCUT2D eigenvalue weighted by Gasteiger charge is -2.14. The highest BCUT2D eigenvalue weighted by atomic mass is 16.5. The summed E-state index contributed by atoms with van der Waals surface area (Å²) in [4.78, 5) is 8.65. The molecule has 5 nitrogen and oxygen atoms in total. The number of anilines is 2. The summed E-state index contributed by atoms with van der Waals surface area (Å²) in [6.07, 6.45) is 7.79. The van der Waals surface area contributed by atoms with Crippen LogP contribution in [-0.4, -0.2) is 22.6 Å². The van der Waals surface area contributed by atoms with Crippen LogP contribution in [0.5, 0.6) is 5.75 Å². The molecule has 134 valence electrons. The molecule has 0 spiro atoms. The van der Waals surface area contributed by atoms with Crippen molar-refractivity contribution in [2.24, 2.45) is 0 Å². The third kappa shape index (κ3) is 3.87. The Morgan fingerprint density at radius 1 is 1.08 bits per heavy atom. The van der Waals surface area contributed by atoms with E-state index in [9.17, 15) is 0 Å². The molecule has 0 radical (unpaired) electrons. The number of rotatable bonds is 6. The van der Waals surface area contributed by atoms with Gasteiger partial charge in [-0.05, 0) is 68.0 Å². The lowest BCUT2D eigenvalue weighted by atomic mass is 10.1. The molecule has 1 aromatic heterocycles. The molecule has 1 fully saturated rings. The summed E-state index contributed by atoms with van der Waals surface area (Å²) in [6.45, 7) is 0.786. The number of nitrogens with one attached hydrogen (secondary N) is 1. The zero-order chi connectivity index (χ0) is 17.8. The number of hydrogen-bond acceptors (Lipinski definition) is 5. The Labute approximate surface area is 153 Å². The molecule has 1 aliphatic rings. The smallest absolute Gasteiger partial charge is 0.137 e. The summed E-state index contributed by atoms with van der Waals surface area (Å²) in [7, 11) is 0. The highest BCUT2D eigenvalue weighted by Crippen LogP contribution is 2.25. The zero-order valence-corrected chi connectivity index (χ0v) is 14.8. The minimum absolute atomic E-state index is 0.390. The largest absolute Gasteiger partial charge is 0.490 e. The number of aromatic nitrogens is 2. The second-order valence-electron chi connectivity index (χ2n) is 6.85. The van der Waals surface area contributed by atoms with Gasteiger partial charge in [0.2, 0.25) is 0 Å². The Bertz CT molecular complexity index is 890. The van der Waals surface area contributed by atoms with Crippen molar-refractivity contribution in [1.29, 1.82) is 0 Å². The third-order valence-corrected chi connectivity index (χ3v) is 4.87. The van der Waals surface area contributed by atoms with Crippen molar-refractivity contribution >= 4 is 22.4 Å². The average molecular weight is 348 g/mol. The van der Waals surface area contributed by atoms with Crippen LogP contribution in [0.4, 0.5) is 11.5 Å². The first-order chi connectivity index (χ1) is 12.8. The molecular formula is C21H24N4O. The van der Waals surface area contributed by atoms with Crippen LogP contribution in [0, 0.1) is 0 Å². The predicted molar refractivity (Wildman–Crippen MR) is 105 cm³/mol. The average Bonchev–Trinajstić information content (AvgIpc) is 3.15. The SMILES string of the molecule is Nc1ccc2ncnc(NCCc3cccc(OC4CCCC4)c3)c2c1. The molecule has 3 N–H and O–H groups in total. The van der Waals surface area contributed by atoms with E-state index in [4.69, 9.17) is 10.5 Å². The topological polar surface area (TPSA) is 73.1 Å². The number of nitrogens with zero attached hydrogens (tertiary/aromatic N) is 2. The molecule has 1 saturated carbocycles. The van der Waals surface area contributed by atoms with E-state index in [0.29, 0.717) is 11.8 Å². The van der Waals surface area contributed by atoms with E-state index < -0.39 is 0 Å². The van der Waals surface area contributed by atoms with Gasteiger partial charge in [0.25, 0.3) is 0 Å². The van der Waals surface area contributed by atoms with Crippen LogP contribution in [0.25, 0.3) is 10.9 Å². The lowest BCUT2D eigenvalue weighted by Crippen LogP contribution is -2.11. The van der Waals surface area contributed by atoms with Gasteiger partial charge in [-0.25, -0.2) is 9.97 Å². The van der Waals surface area contributed by atoms with Gasteiger partial charge in [-0.15, -0.1) is 0 Å². The Kier molecular flexibility index (Phi) is 4.86. The van der Waals surface area contributed by atoms with E-state index in [0.717, 1.165) is 35.4 Å². The first-order valence-corrected chi connectivity index (χ1v) is 9.28. The summed E-state index contributed by atoms with van der Waals surface area (Å²) in [5, 5.41) is 4.36. The Balaban J connectivity index is 1.39. The van der Waals surface area contributed by atoms with Crippen molar-refractivity contribution in [3.05, 3.63) is 54.4 Å². The highest BCUT2D eigenvalue weighted by Gasteiger charge is 2.16. The Hall–Kier alpha value is -2.82. The molecule has 4 rings (SSSR count). The second kappa shape index (κ2) is 7.60. The van der Waals surface area contributed by atoms with Crippen molar-refractivity contribution in [3.8, 4) is 5.75 Å². The molecule has 1 heterocycles. The fourth-order valence-corrected chi connectivity index (χ4v) is 3.51. The summed E-state index contributed by atoms with van der Waals surface area (Å²) >= 11 is 0. The van der Waals surface area contributed by atoms with Gasteiger partial charge in [-0.2, -0.15) is 0 Å². The molecular weight excluding hydrogens is 324 g/mol. The van der Waals surface area contributed by atoms with E-state index in [-0.39, 0.29) is 0 Å². The summed E-state index contributed by atoms with van der Waals surface area (Å²) in [5.41, 5.74) is 8.76. The van der Waals surface area contributed by atoms with Crippen LogP contribution in [0.2, 0.25) is 0 Å². The molecule has 3 aromatic rings. The fourth-order valence-electron chi connectivity index (χ4n) is 3.51. The maximum Gasteiger partial charge on any atom is 0.137 e. The van der Waals surface area contributed by atoms with E-state index in [2.05, 4.69) is 39.6 Å². The van der Waals surface area contributed by atoms with E-state index in [1.807, 2.05) is 18.2 Å². The monoisotopic (exact) mass is 348 g/mol. The van der Waals surface area contributed by atoms with Crippen LogP contribution in [0.15, 0.2) is 48.8 Å². The molecule has 1 aliphatic carbocycles. The number of hydrogen-bond donors (Lipinski definition) is 2. The molecule has 0 saturated heterocycles. The molecule has 0 aliphatic heterocycles. The number of benzene rings is 2. The molecule has 0 bridgehead atoms. The van der Waals surface area contributed by atoms with E-state index in [1.165, 1.54) is 31.2 Å². The fraction of sp³-hybridized carbons (Fsp3) is 0.333. The van der Waals surface area contributed by atoms with E-state index >= 15 is 0 Å². The first kappa shape index (κ1) is 16.6. The molecule has 0 atom stereocenters.